The van der Waals surface area contributed by atoms with Crippen LogP contribution in [-0.2, 0) is 9.53 Å². The number of hydrogen-bond donors (Lipinski definition) is 0. The molecular weight excluding hydrogens is 216 g/mol. The van der Waals surface area contributed by atoms with Crippen LogP contribution in [0.5, 0.6) is 0 Å². The van der Waals surface area contributed by atoms with Crippen LogP contribution in [0.15, 0.2) is 35.4 Å². The summed E-state index contributed by atoms with van der Waals surface area (Å²) in [6.07, 6.45) is 0.674. The van der Waals surface area contributed by atoms with Crippen LogP contribution in [0.3, 0.4) is 0 Å². The molecule has 0 spiro atoms. The molecule has 17 heavy (non-hydrogen) atoms. The lowest BCUT2D eigenvalue weighted by Crippen LogP contribution is -2.15. The molecule has 1 aliphatic rings. The van der Waals surface area contributed by atoms with Crippen molar-refractivity contribution in [3.8, 4) is 0 Å². The van der Waals surface area contributed by atoms with Crippen LogP contribution >= 0.6 is 0 Å². The van der Waals surface area contributed by atoms with Crippen molar-refractivity contribution in [1.29, 1.82) is 0 Å². The third-order valence-corrected chi connectivity index (χ3v) is 2.51. The first kappa shape index (κ1) is 11.6. The standard InChI is InChI=1S/C13H16N2O2/c1-10(2)13(16)17-12-8-9-15(14-12)11-6-4-3-5-7-11/h3-7,10H,8-9H2,1-2H3. The van der Waals surface area contributed by atoms with Gasteiger partial charge in [-0.3, -0.25) is 9.80 Å². The van der Waals surface area contributed by atoms with Crippen molar-refractivity contribution in [2.24, 2.45) is 11.0 Å². The predicted octanol–water partition coefficient (Wildman–Crippen LogP) is 2.41. The van der Waals surface area contributed by atoms with Gasteiger partial charge in [0.15, 0.2) is 0 Å². The van der Waals surface area contributed by atoms with Crippen LogP contribution < -0.4 is 5.01 Å². The fraction of sp³-hybridized carbons (Fsp3) is 0.385. The summed E-state index contributed by atoms with van der Waals surface area (Å²) in [6, 6.07) is 9.85. The molecule has 0 N–H and O–H groups in total. The van der Waals surface area contributed by atoms with E-state index in [4.69, 9.17) is 4.74 Å². The minimum atomic E-state index is -0.223. The smallest absolute Gasteiger partial charge is 0.314 e. The van der Waals surface area contributed by atoms with Gasteiger partial charge in [-0.25, -0.2) is 0 Å². The first-order chi connectivity index (χ1) is 8.16. The molecule has 0 atom stereocenters. The topological polar surface area (TPSA) is 41.9 Å². The molecule has 0 fully saturated rings. The molecule has 1 aromatic carbocycles. The summed E-state index contributed by atoms with van der Waals surface area (Å²) >= 11 is 0. The SMILES string of the molecule is CC(C)C(=O)OC1=NN(c2ccccc2)CC1. The Balaban J connectivity index is 2.02. The largest absolute Gasteiger partial charge is 0.410 e. The molecule has 0 aromatic heterocycles. The average Bonchev–Trinajstić information content (AvgIpc) is 2.78. The lowest BCUT2D eigenvalue weighted by molar-refractivity contribution is -0.139. The van der Waals surface area contributed by atoms with E-state index in [-0.39, 0.29) is 11.9 Å². The first-order valence-electron chi connectivity index (χ1n) is 5.78. The van der Waals surface area contributed by atoms with Gasteiger partial charge in [0.1, 0.15) is 0 Å². The molecular formula is C13H16N2O2. The van der Waals surface area contributed by atoms with Gasteiger partial charge >= 0.3 is 5.97 Å². The van der Waals surface area contributed by atoms with Gasteiger partial charge < -0.3 is 4.74 Å². The van der Waals surface area contributed by atoms with Crippen molar-refractivity contribution in [2.45, 2.75) is 20.3 Å². The number of rotatable bonds is 2. The normalized spacial score (nSPS) is 15.0. The lowest BCUT2D eigenvalue weighted by atomic mass is 10.2. The highest BCUT2D eigenvalue weighted by Gasteiger charge is 2.20. The van der Waals surface area contributed by atoms with E-state index < -0.39 is 0 Å². The molecule has 1 heterocycles. The maximum atomic E-state index is 11.4. The number of hydrogen-bond acceptors (Lipinski definition) is 4. The Bertz CT molecular complexity index is 426. The molecule has 1 aliphatic heterocycles. The molecule has 0 unspecified atom stereocenters. The monoisotopic (exact) mass is 232 g/mol. The van der Waals surface area contributed by atoms with Gasteiger partial charge in [0.25, 0.3) is 0 Å². The van der Waals surface area contributed by atoms with E-state index in [1.54, 1.807) is 0 Å². The number of carbonyl (C=O) groups is 1. The van der Waals surface area contributed by atoms with E-state index in [0.717, 1.165) is 12.2 Å². The third-order valence-electron chi connectivity index (χ3n) is 2.51. The highest BCUT2D eigenvalue weighted by atomic mass is 16.5. The summed E-state index contributed by atoms with van der Waals surface area (Å²) in [5, 5.41) is 6.14. The molecule has 4 heteroatoms. The van der Waals surface area contributed by atoms with Crippen molar-refractivity contribution >= 4 is 17.6 Å². The van der Waals surface area contributed by atoms with E-state index in [9.17, 15) is 4.79 Å². The zero-order valence-corrected chi connectivity index (χ0v) is 10.1. The molecule has 0 saturated heterocycles. The summed E-state index contributed by atoms with van der Waals surface area (Å²) in [5.41, 5.74) is 1.02. The maximum Gasteiger partial charge on any atom is 0.314 e. The van der Waals surface area contributed by atoms with E-state index in [2.05, 4.69) is 5.10 Å². The Morgan fingerprint density at radius 2 is 2.06 bits per heavy atom. The Hall–Kier alpha value is -1.84. The summed E-state index contributed by atoms with van der Waals surface area (Å²) in [6.45, 7) is 4.38. The van der Waals surface area contributed by atoms with Gasteiger partial charge in [-0.1, -0.05) is 32.0 Å². The highest BCUT2D eigenvalue weighted by Crippen LogP contribution is 2.19. The molecule has 0 radical (unpaired) electrons. The van der Waals surface area contributed by atoms with Crippen molar-refractivity contribution in [3.05, 3.63) is 30.3 Å². The van der Waals surface area contributed by atoms with Crippen LogP contribution in [0.1, 0.15) is 20.3 Å². The van der Waals surface area contributed by atoms with Crippen molar-refractivity contribution < 1.29 is 9.53 Å². The highest BCUT2D eigenvalue weighted by molar-refractivity contribution is 5.91. The average molecular weight is 232 g/mol. The van der Waals surface area contributed by atoms with Crippen molar-refractivity contribution in [3.63, 3.8) is 0 Å². The Morgan fingerprint density at radius 3 is 2.71 bits per heavy atom. The van der Waals surface area contributed by atoms with Crippen LogP contribution in [0.25, 0.3) is 0 Å². The second-order valence-electron chi connectivity index (χ2n) is 4.28. The van der Waals surface area contributed by atoms with Gasteiger partial charge in [-0.05, 0) is 12.1 Å². The zero-order chi connectivity index (χ0) is 12.3. The van der Waals surface area contributed by atoms with Crippen LogP contribution in [-0.4, -0.2) is 18.4 Å². The minimum absolute atomic E-state index is 0.122. The number of hydrazone groups is 1. The van der Waals surface area contributed by atoms with Gasteiger partial charge in [0.2, 0.25) is 5.90 Å². The molecule has 0 saturated carbocycles. The van der Waals surface area contributed by atoms with E-state index in [1.807, 2.05) is 49.2 Å². The van der Waals surface area contributed by atoms with Crippen molar-refractivity contribution in [1.82, 2.24) is 0 Å². The fourth-order valence-electron chi connectivity index (χ4n) is 1.53. The molecule has 0 aliphatic carbocycles. The molecule has 0 amide bonds. The maximum absolute atomic E-state index is 11.4. The number of carbonyl (C=O) groups excluding carboxylic acids is 1. The Kier molecular flexibility index (Phi) is 3.42. The Labute approximate surface area is 101 Å². The van der Waals surface area contributed by atoms with E-state index in [1.165, 1.54) is 0 Å². The molecule has 0 bridgehead atoms. The molecule has 90 valence electrons. The van der Waals surface area contributed by atoms with Gasteiger partial charge in [-0.15, -0.1) is 5.10 Å². The Morgan fingerprint density at radius 1 is 1.35 bits per heavy atom. The van der Waals surface area contributed by atoms with Crippen LogP contribution in [0.2, 0.25) is 0 Å². The van der Waals surface area contributed by atoms with Gasteiger partial charge in [0.05, 0.1) is 18.2 Å². The molecule has 2 rings (SSSR count). The summed E-state index contributed by atoms with van der Waals surface area (Å²) in [7, 11) is 0. The first-order valence-corrected chi connectivity index (χ1v) is 5.78. The third kappa shape index (κ3) is 2.84. The second-order valence-corrected chi connectivity index (χ2v) is 4.28. The summed E-state index contributed by atoms with van der Waals surface area (Å²) in [4.78, 5) is 11.4. The summed E-state index contributed by atoms with van der Waals surface area (Å²) in [5.74, 6) is 0.162. The second kappa shape index (κ2) is 4.99. The fourth-order valence-corrected chi connectivity index (χ4v) is 1.53. The van der Waals surface area contributed by atoms with E-state index >= 15 is 0 Å². The number of esters is 1. The predicted molar refractivity (Wildman–Crippen MR) is 66.8 cm³/mol. The number of para-hydroxylation sites is 1. The van der Waals surface area contributed by atoms with Crippen molar-refractivity contribution in [2.75, 3.05) is 11.6 Å². The van der Waals surface area contributed by atoms with Gasteiger partial charge in [0, 0.05) is 6.42 Å². The van der Waals surface area contributed by atoms with Crippen LogP contribution in [0.4, 0.5) is 5.69 Å². The zero-order valence-electron chi connectivity index (χ0n) is 10.1. The lowest BCUT2D eigenvalue weighted by Gasteiger charge is -2.11. The quantitative estimate of drug-likeness (QED) is 0.735. The number of ether oxygens (including phenoxy) is 1. The van der Waals surface area contributed by atoms with Crippen LogP contribution in [0, 0.1) is 5.92 Å². The van der Waals surface area contributed by atoms with E-state index in [0.29, 0.717) is 12.3 Å². The minimum Gasteiger partial charge on any atom is -0.410 e. The summed E-state index contributed by atoms with van der Waals surface area (Å²) < 4.78 is 5.19. The number of benzene rings is 1. The number of nitrogens with zero attached hydrogens (tertiary/aromatic N) is 2. The van der Waals surface area contributed by atoms with Gasteiger partial charge in [-0.2, -0.15) is 0 Å². The molecule has 1 aromatic rings. The number of anilines is 1. The molecule has 4 nitrogen and oxygen atoms in total.